The van der Waals surface area contributed by atoms with Gasteiger partial charge in [0.15, 0.2) is 5.78 Å². The first-order valence-corrected chi connectivity index (χ1v) is 9.46. The smallest absolute Gasteiger partial charge is 0.244 e. The molecule has 7 nitrogen and oxygen atoms in total. The summed E-state index contributed by atoms with van der Waals surface area (Å²) in [5, 5.41) is 4.42. The fraction of sp³-hybridized carbons (Fsp3) is 0.737. The van der Waals surface area contributed by atoms with Crippen LogP contribution >= 0.6 is 0 Å². The van der Waals surface area contributed by atoms with Crippen molar-refractivity contribution in [1.29, 1.82) is 0 Å². The monoisotopic (exact) mass is 362 g/mol. The average Bonchev–Trinajstić information content (AvgIpc) is 2.76. The van der Waals surface area contributed by atoms with Crippen LogP contribution in [0.2, 0.25) is 0 Å². The van der Waals surface area contributed by atoms with Gasteiger partial charge in [-0.3, -0.25) is 19.2 Å². The minimum atomic E-state index is 0.000279. The number of ether oxygens (including phenoxy) is 1. The summed E-state index contributed by atoms with van der Waals surface area (Å²) in [7, 11) is 1.73. The van der Waals surface area contributed by atoms with Crippen molar-refractivity contribution in [3.63, 3.8) is 0 Å². The van der Waals surface area contributed by atoms with Gasteiger partial charge in [-0.2, -0.15) is 5.10 Å². The summed E-state index contributed by atoms with van der Waals surface area (Å²) in [5.74, 6) is 0.624. The van der Waals surface area contributed by atoms with Crippen molar-refractivity contribution in [2.75, 3.05) is 39.9 Å². The molecule has 0 aromatic carbocycles. The molecule has 3 aliphatic heterocycles. The quantitative estimate of drug-likeness (QED) is 0.713. The van der Waals surface area contributed by atoms with E-state index in [-0.39, 0.29) is 18.2 Å². The van der Waals surface area contributed by atoms with Crippen LogP contribution in [0.4, 0.5) is 0 Å². The van der Waals surface area contributed by atoms with E-state index in [1.165, 1.54) is 6.42 Å². The number of hydrogen-bond acceptors (Lipinski definition) is 5. The Bertz CT molecular complexity index is 685. The van der Waals surface area contributed by atoms with E-state index in [1.807, 2.05) is 18.7 Å². The number of amides is 1. The number of aryl methyl sites for hydroxylation is 1. The van der Waals surface area contributed by atoms with Gasteiger partial charge in [0.05, 0.1) is 17.9 Å². The molecule has 0 radical (unpaired) electrons. The molecule has 1 aromatic rings. The van der Waals surface area contributed by atoms with Crippen molar-refractivity contribution < 1.29 is 14.3 Å². The zero-order valence-electron chi connectivity index (χ0n) is 16.3. The number of piperidine rings is 1. The summed E-state index contributed by atoms with van der Waals surface area (Å²) < 4.78 is 6.92. The molecule has 2 atom stereocenters. The van der Waals surface area contributed by atoms with Gasteiger partial charge in [-0.05, 0) is 39.5 Å². The summed E-state index contributed by atoms with van der Waals surface area (Å²) in [6.07, 6.45) is 2.33. The average molecular weight is 362 g/mol. The Morgan fingerprint density at radius 3 is 2.62 bits per heavy atom. The summed E-state index contributed by atoms with van der Waals surface area (Å²) in [6.45, 7) is 9.74. The van der Waals surface area contributed by atoms with E-state index in [0.29, 0.717) is 23.2 Å². The Kier molecular flexibility index (Phi) is 5.77. The lowest BCUT2D eigenvalue weighted by atomic mass is 9.95. The van der Waals surface area contributed by atoms with E-state index in [9.17, 15) is 9.59 Å². The molecule has 3 saturated heterocycles. The molecule has 1 amide bonds. The third-order valence-corrected chi connectivity index (χ3v) is 5.78. The summed E-state index contributed by atoms with van der Waals surface area (Å²) in [5.41, 5.74) is 2.12. The van der Waals surface area contributed by atoms with Gasteiger partial charge in [-0.25, -0.2) is 0 Å². The fourth-order valence-corrected chi connectivity index (χ4v) is 4.45. The number of carbonyl (C=O) groups excluding carboxylic acids is 2. The molecule has 0 unspecified atom stereocenters. The Hall–Kier alpha value is -1.73. The highest BCUT2D eigenvalue weighted by atomic mass is 16.5. The van der Waals surface area contributed by atoms with Crippen LogP contribution in [-0.4, -0.2) is 77.2 Å². The number of fused-ring (bicyclic) bond motifs is 4. The van der Waals surface area contributed by atoms with Crippen molar-refractivity contribution in [3.05, 3.63) is 17.0 Å². The molecule has 0 saturated carbocycles. The first kappa shape index (κ1) is 19.0. The number of nitrogens with zero attached hydrogens (tertiary/aromatic N) is 4. The van der Waals surface area contributed by atoms with Crippen LogP contribution < -0.4 is 0 Å². The third-order valence-electron chi connectivity index (χ3n) is 5.78. The minimum Gasteiger partial charge on any atom is -0.383 e. The lowest BCUT2D eigenvalue weighted by Crippen LogP contribution is -2.46. The van der Waals surface area contributed by atoms with E-state index in [2.05, 4.69) is 10.00 Å². The predicted octanol–water partition coefficient (Wildman–Crippen LogP) is 1.27. The van der Waals surface area contributed by atoms with Crippen LogP contribution in [0.25, 0.3) is 0 Å². The molecule has 2 bridgehead atoms. The molecular weight excluding hydrogens is 332 g/mol. The van der Waals surface area contributed by atoms with Crippen LogP contribution in [0.15, 0.2) is 0 Å². The van der Waals surface area contributed by atoms with Gasteiger partial charge in [0.25, 0.3) is 0 Å². The second-order valence-electron chi connectivity index (χ2n) is 7.64. The lowest BCUT2D eigenvalue weighted by molar-refractivity contribution is -0.132. The maximum atomic E-state index is 12.9. The second-order valence-corrected chi connectivity index (χ2v) is 7.64. The van der Waals surface area contributed by atoms with Gasteiger partial charge in [0.2, 0.25) is 5.91 Å². The largest absolute Gasteiger partial charge is 0.383 e. The van der Waals surface area contributed by atoms with Crippen molar-refractivity contribution in [3.8, 4) is 0 Å². The topological polar surface area (TPSA) is 67.7 Å². The highest BCUT2D eigenvalue weighted by molar-refractivity contribution is 5.96. The van der Waals surface area contributed by atoms with Crippen molar-refractivity contribution >= 4 is 11.7 Å². The molecule has 144 valence electrons. The standard InChI is InChI=1S/C19H30N4O3/c1-13-19(15(3)24)14(2)23(20-13)12-18(25)22-10-16-5-6-17(11-22)21(9-16)7-8-26-4/h16-17H,5-12H2,1-4H3/t16-,17-/m1/s1. The van der Waals surface area contributed by atoms with Crippen molar-refractivity contribution in [1.82, 2.24) is 19.6 Å². The van der Waals surface area contributed by atoms with E-state index >= 15 is 0 Å². The molecule has 0 N–H and O–H groups in total. The van der Waals surface area contributed by atoms with E-state index < -0.39 is 0 Å². The minimum absolute atomic E-state index is 0.000279. The van der Waals surface area contributed by atoms with Gasteiger partial charge in [0, 0.05) is 45.0 Å². The highest BCUT2D eigenvalue weighted by Gasteiger charge is 2.36. The van der Waals surface area contributed by atoms with Crippen molar-refractivity contribution in [2.45, 2.75) is 46.2 Å². The maximum absolute atomic E-state index is 12.9. The molecule has 1 aromatic heterocycles. The SMILES string of the molecule is COCCN1C[C@H]2CC[C@@H]1CN(C(=O)Cn1nc(C)c(C(C)=O)c1C)C2. The molecule has 3 fully saturated rings. The Balaban J connectivity index is 1.69. The Labute approximate surface area is 155 Å². The zero-order valence-corrected chi connectivity index (χ0v) is 16.3. The molecule has 26 heavy (non-hydrogen) atoms. The van der Waals surface area contributed by atoms with E-state index in [0.717, 1.165) is 44.9 Å². The second kappa shape index (κ2) is 7.88. The van der Waals surface area contributed by atoms with Crippen molar-refractivity contribution in [2.24, 2.45) is 5.92 Å². The van der Waals surface area contributed by atoms with Gasteiger partial charge < -0.3 is 9.64 Å². The number of carbonyl (C=O) groups is 2. The fourth-order valence-electron chi connectivity index (χ4n) is 4.45. The maximum Gasteiger partial charge on any atom is 0.244 e. The van der Waals surface area contributed by atoms with Gasteiger partial charge >= 0.3 is 0 Å². The number of rotatable bonds is 6. The highest BCUT2D eigenvalue weighted by Crippen LogP contribution is 2.28. The molecule has 0 aliphatic carbocycles. The number of hydrogen-bond donors (Lipinski definition) is 0. The first-order valence-electron chi connectivity index (χ1n) is 9.46. The van der Waals surface area contributed by atoms with Crippen LogP contribution in [0.3, 0.4) is 0 Å². The number of ketones is 1. The van der Waals surface area contributed by atoms with Crippen LogP contribution in [0.5, 0.6) is 0 Å². The van der Waals surface area contributed by atoms with Gasteiger partial charge in [-0.1, -0.05) is 0 Å². The normalized spacial score (nSPS) is 23.3. The third kappa shape index (κ3) is 3.83. The molecule has 4 heterocycles. The molecule has 7 heteroatoms. The van der Waals surface area contributed by atoms with Crippen LogP contribution in [0, 0.1) is 19.8 Å². The summed E-state index contributed by atoms with van der Waals surface area (Å²) in [4.78, 5) is 29.2. The Morgan fingerprint density at radius 2 is 1.96 bits per heavy atom. The van der Waals surface area contributed by atoms with Crippen LogP contribution in [0.1, 0.15) is 41.5 Å². The Morgan fingerprint density at radius 1 is 1.19 bits per heavy atom. The summed E-state index contributed by atoms with van der Waals surface area (Å²) >= 11 is 0. The molecule has 4 rings (SSSR count). The molecule has 3 aliphatic rings. The van der Waals surface area contributed by atoms with E-state index in [1.54, 1.807) is 18.7 Å². The number of aromatic nitrogens is 2. The predicted molar refractivity (Wildman–Crippen MR) is 98.2 cm³/mol. The molecule has 0 spiro atoms. The molecular formula is C19H30N4O3. The van der Waals surface area contributed by atoms with E-state index in [4.69, 9.17) is 4.74 Å². The van der Waals surface area contributed by atoms with Gasteiger partial charge in [0.1, 0.15) is 6.54 Å². The van der Waals surface area contributed by atoms with Gasteiger partial charge in [-0.15, -0.1) is 0 Å². The number of Topliss-reactive ketones (excluding diaryl/α,β-unsaturated/α-hetero) is 1. The summed E-state index contributed by atoms with van der Waals surface area (Å²) in [6, 6.07) is 0.418. The first-order chi connectivity index (χ1) is 12.4. The number of methoxy groups -OCH3 is 1. The lowest BCUT2D eigenvalue weighted by Gasteiger charge is -2.35. The van der Waals surface area contributed by atoms with Crippen LogP contribution in [-0.2, 0) is 16.1 Å². The zero-order chi connectivity index (χ0) is 18.8.